The highest BCUT2D eigenvalue weighted by molar-refractivity contribution is 5.79. The van der Waals surface area contributed by atoms with E-state index in [1.807, 2.05) is 37.4 Å². The molecular weight excluding hydrogens is 226 g/mol. The summed E-state index contributed by atoms with van der Waals surface area (Å²) in [5.74, 6) is 0. The van der Waals surface area contributed by atoms with Gasteiger partial charge in [-0.25, -0.2) is 0 Å². The molecule has 3 nitrogen and oxygen atoms in total. The fraction of sp³-hybridized carbons (Fsp3) is 0.400. The van der Waals surface area contributed by atoms with Crippen LogP contribution in [0.25, 0.3) is 10.9 Å². The quantitative estimate of drug-likeness (QED) is 0.758. The number of unbranched alkanes of at least 4 members (excludes halogenated alkanes) is 1. The molecule has 0 N–H and O–H groups in total. The fourth-order valence-electron chi connectivity index (χ4n) is 2.20. The van der Waals surface area contributed by atoms with Crippen LogP contribution in [-0.4, -0.2) is 18.3 Å². The summed E-state index contributed by atoms with van der Waals surface area (Å²) in [6.45, 7) is 3.59. The highest BCUT2D eigenvalue weighted by Crippen LogP contribution is 2.12. The first-order chi connectivity index (χ1) is 8.74. The molecule has 18 heavy (non-hydrogen) atoms. The van der Waals surface area contributed by atoms with Gasteiger partial charge in [0.25, 0.3) is 0 Å². The number of aromatic nitrogens is 1. The minimum atomic E-state index is 0.138. The molecule has 1 aromatic heterocycles. The second kappa shape index (κ2) is 5.83. The van der Waals surface area contributed by atoms with Crippen molar-refractivity contribution in [1.29, 1.82) is 0 Å². The van der Waals surface area contributed by atoms with E-state index in [0.717, 1.165) is 42.5 Å². The lowest BCUT2D eigenvalue weighted by molar-refractivity contribution is 0.191. The molecule has 0 fully saturated rings. The molecule has 2 rings (SSSR count). The number of methoxy groups -OCH3 is 1. The summed E-state index contributed by atoms with van der Waals surface area (Å²) >= 11 is 0. The third kappa shape index (κ3) is 2.62. The van der Waals surface area contributed by atoms with E-state index < -0.39 is 0 Å². The van der Waals surface area contributed by atoms with Gasteiger partial charge in [-0.2, -0.15) is 0 Å². The van der Waals surface area contributed by atoms with Gasteiger partial charge >= 0.3 is 0 Å². The van der Waals surface area contributed by atoms with Gasteiger partial charge < -0.3 is 9.30 Å². The van der Waals surface area contributed by atoms with Gasteiger partial charge in [-0.3, -0.25) is 4.79 Å². The summed E-state index contributed by atoms with van der Waals surface area (Å²) in [7, 11) is 1.72. The van der Waals surface area contributed by atoms with Crippen molar-refractivity contribution < 1.29 is 4.74 Å². The average molecular weight is 245 g/mol. The second-order valence-electron chi connectivity index (χ2n) is 4.55. The zero-order valence-electron chi connectivity index (χ0n) is 11.0. The Kier molecular flexibility index (Phi) is 4.15. The van der Waals surface area contributed by atoms with E-state index in [0.29, 0.717) is 0 Å². The third-order valence-electron chi connectivity index (χ3n) is 3.16. The number of pyridine rings is 1. The Balaban J connectivity index is 2.32. The number of hydrogen-bond donors (Lipinski definition) is 0. The molecule has 96 valence electrons. The van der Waals surface area contributed by atoms with Crippen LogP contribution in [0.1, 0.15) is 18.4 Å². The van der Waals surface area contributed by atoms with Gasteiger partial charge in [0.1, 0.15) is 0 Å². The number of hydrogen-bond acceptors (Lipinski definition) is 2. The maximum atomic E-state index is 12.0. The Morgan fingerprint density at radius 1 is 1.22 bits per heavy atom. The minimum absolute atomic E-state index is 0.138. The topological polar surface area (TPSA) is 31.2 Å². The number of para-hydroxylation sites is 1. The van der Waals surface area contributed by atoms with Crippen LogP contribution in [0.3, 0.4) is 0 Å². The number of benzene rings is 1. The van der Waals surface area contributed by atoms with Crippen molar-refractivity contribution in [2.45, 2.75) is 26.3 Å². The molecule has 0 saturated carbocycles. The summed E-state index contributed by atoms with van der Waals surface area (Å²) in [4.78, 5) is 12.0. The van der Waals surface area contributed by atoms with Crippen molar-refractivity contribution in [3.8, 4) is 0 Å². The van der Waals surface area contributed by atoms with Crippen molar-refractivity contribution >= 4 is 10.9 Å². The van der Waals surface area contributed by atoms with E-state index in [1.54, 1.807) is 7.11 Å². The van der Waals surface area contributed by atoms with Crippen LogP contribution >= 0.6 is 0 Å². The molecule has 0 amide bonds. The summed E-state index contributed by atoms with van der Waals surface area (Å²) in [5, 5.41) is 0.809. The summed E-state index contributed by atoms with van der Waals surface area (Å²) in [6.07, 6.45) is 4.05. The molecule has 2 aromatic rings. The number of nitrogens with zero attached hydrogens (tertiary/aromatic N) is 1. The first-order valence-corrected chi connectivity index (χ1v) is 6.32. The molecule has 0 aliphatic carbocycles. The Morgan fingerprint density at radius 3 is 2.78 bits per heavy atom. The van der Waals surface area contributed by atoms with Crippen LogP contribution in [0.4, 0.5) is 0 Å². The van der Waals surface area contributed by atoms with Gasteiger partial charge in [0.15, 0.2) is 5.43 Å². The van der Waals surface area contributed by atoms with Crippen molar-refractivity contribution in [1.82, 2.24) is 4.57 Å². The predicted molar refractivity (Wildman–Crippen MR) is 74.1 cm³/mol. The van der Waals surface area contributed by atoms with Gasteiger partial charge in [0, 0.05) is 37.4 Å². The Labute approximate surface area is 107 Å². The molecular formula is C15H19NO2. The lowest BCUT2D eigenvalue weighted by Crippen LogP contribution is -2.12. The second-order valence-corrected chi connectivity index (χ2v) is 4.55. The maximum Gasteiger partial charge on any atom is 0.192 e. The zero-order chi connectivity index (χ0) is 13.0. The maximum absolute atomic E-state index is 12.0. The van der Waals surface area contributed by atoms with E-state index in [-0.39, 0.29) is 5.43 Å². The first-order valence-electron chi connectivity index (χ1n) is 6.32. The number of aryl methyl sites for hydroxylation is 2. The fourth-order valence-corrected chi connectivity index (χ4v) is 2.20. The highest BCUT2D eigenvalue weighted by atomic mass is 16.5. The van der Waals surface area contributed by atoms with Gasteiger partial charge in [-0.15, -0.1) is 0 Å². The molecule has 0 atom stereocenters. The van der Waals surface area contributed by atoms with E-state index in [9.17, 15) is 4.79 Å². The van der Waals surface area contributed by atoms with E-state index in [2.05, 4.69) is 4.57 Å². The summed E-state index contributed by atoms with van der Waals surface area (Å²) in [6, 6.07) is 7.80. The number of rotatable bonds is 5. The van der Waals surface area contributed by atoms with E-state index in [4.69, 9.17) is 4.74 Å². The van der Waals surface area contributed by atoms with Crippen molar-refractivity contribution in [2.24, 2.45) is 0 Å². The average Bonchev–Trinajstić information content (AvgIpc) is 2.40. The van der Waals surface area contributed by atoms with Crippen molar-refractivity contribution in [3.05, 3.63) is 46.2 Å². The third-order valence-corrected chi connectivity index (χ3v) is 3.16. The smallest absolute Gasteiger partial charge is 0.192 e. The SMILES string of the molecule is COCCCCn1cc(C)c(=O)c2ccccc21. The Hall–Kier alpha value is -1.61. The van der Waals surface area contributed by atoms with Crippen molar-refractivity contribution in [3.63, 3.8) is 0 Å². The van der Waals surface area contributed by atoms with E-state index in [1.165, 1.54) is 0 Å². The Morgan fingerprint density at radius 2 is 2.00 bits per heavy atom. The standard InChI is InChI=1S/C15H19NO2/c1-12-11-16(9-5-6-10-18-2)14-8-4-3-7-13(14)15(12)17/h3-4,7-8,11H,5-6,9-10H2,1-2H3. The van der Waals surface area contributed by atoms with Crippen LogP contribution in [0.15, 0.2) is 35.3 Å². The minimum Gasteiger partial charge on any atom is -0.385 e. The molecule has 3 heteroatoms. The summed E-state index contributed by atoms with van der Waals surface area (Å²) in [5.41, 5.74) is 1.96. The normalized spacial score (nSPS) is 11.0. The molecule has 0 saturated heterocycles. The van der Waals surface area contributed by atoms with Gasteiger partial charge in [0.2, 0.25) is 0 Å². The Bertz CT molecular complexity index is 587. The molecule has 0 unspecified atom stereocenters. The largest absolute Gasteiger partial charge is 0.385 e. The monoisotopic (exact) mass is 245 g/mol. The van der Waals surface area contributed by atoms with Gasteiger partial charge in [-0.1, -0.05) is 12.1 Å². The molecule has 0 radical (unpaired) electrons. The van der Waals surface area contributed by atoms with Gasteiger partial charge in [0.05, 0.1) is 5.52 Å². The van der Waals surface area contributed by atoms with Crippen LogP contribution < -0.4 is 5.43 Å². The zero-order valence-corrected chi connectivity index (χ0v) is 11.0. The lowest BCUT2D eigenvalue weighted by atomic mass is 10.1. The predicted octanol–water partition coefficient (Wildman–Crippen LogP) is 2.74. The van der Waals surface area contributed by atoms with Gasteiger partial charge in [-0.05, 0) is 31.9 Å². The first kappa shape index (κ1) is 12.8. The molecule has 1 aromatic carbocycles. The van der Waals surface area contributed by atoms with Crippen LogP contribution in [0, 0.1) is 6.92 Å². The number of ether oxygens (including phenoxy) is 1. The molecule has 0 spiro atoms. The lowest BCUT2D eigenvalue weighted by Gasteiger charge is -2.12. The highest BCUT2D eigenvalue weighted by Gasteiger charge is 2.05. The molecule has 0 aliphatic heterocycles. The molecule has 0 aliphatic rings. The number of fused-ring (bicyclic) bond motifs is 1. The molecule has 0 bridgehead atoms. The van der Waals surface area contributed by atoms with Crippen molar-refractivity contribution in [2.75, 3.05) is 13.7 Å². The summed E-state index contributed by atoms with van der Waals surface area (Å²) < 4.78 is 7.22. The molecule has 1 heterocycles. The van der Waals surface area contributed by atoms with Crippen LogP contribution in [-0.2, 0) is 11.3 Å². The van der Waals surface area contributed by atoms with Crippen LogP contribution in [0.5, 0.6) is 0 Å². The van der Waals surface area contributed by atoms with Crippen LogP contribution in [0.2, 0.25) is 0 Å². The van der Waals surface area contributed by atoms with E-state index >= 15 is 0 Å².